The standard InChI is InChI=1S/C25H28N2O5/c1-15(11-23(28)27-12-17(13-27)16(2)24(29)30)26-25(31)32-14-22-20-9-5-3-7-18(20)19-8-4-6-10-21(19)22/h3-10,15-17,22H,11-14H2,1-2H3,(H,26,31)(H,29,30)/t15-,16?/m1/s1. The van der Waals surface area contributed by atoms with Gasteiger partial charge in [0.1, 0.15) is 6.61 Å². The number of benzene rings is 2. The Hall–Kier alpha value is -3.35. The monoisotopic (exact) mass is 436 g/mol. The largest absolute Gasteiger partial charge is 0.481 e. The van der Waals surface area contributed by atoms with Crippen molar-refractivity contribution in [1.82, 2.24) is 10.2 Å². The minimum atomic E-state index is -0.840. The number of alkyl carbamates (subject to hydrolysis) is 1. The average molecular weight is 437 g/mol. The highest BCUT2D eigenvalue weighted by Crippen LogP contribution is 2.44. The number of likely N-dealkylation sites (tertiary alicyclic amines) is 1. The Bertz CT molecular complexity index is 985. The van der Waals surface area contributed by atoms with Gasteiger partial charge in [-0.05, 0) is 29.2 Å². The van der Waals surface area contributed by atoms with Gasteiger partial charge in [-0.25, -0.2) is 4.79 Å². The van der Waals surface area contributed by atoms with E-state index in [2.05, 4.69) is 29.6 Å². The molecule has 1 aliphatic carbocycles. The number of fused-ring (bicyclic) bond motifs is 3. The van der Waals surface area contributed by atoms with Crippen LogP contribution in [0.1, 0.15) is 37.3 Å². The summed E-state index contributed by atoms with van der Waals surface area (Å²) in [6.07, 6.45) is -0.397. The van der Waals surface area contributed by atoms with Gasteiger partial charge in [0.05, 0.1) is 5.92 Å². The van der Waals surface area contributed by atoms with Crippen LogP contribution in [0.3, 0.4) is 0 Å². The van der Waals surface area contributed by atoms with Gasteiger partial charge in [0, 0.05) is 37.4 Å². The molecule has 2 amide bonds. The molecule has 4 rings (SSSR count). The molecule has 0 bridgehead atoms. The van der Waals surface area contributed by atoms with Gasteiger partial charge in [0.25, 0.3) is 0 Å². The van der Waals surface area contributed by atoms with E-state index in [0.717, 1.165) is 11.1 Å². The van der Waals surface area contributed by atoms with Crippen LogP contribution >= 0.6 is 0 Å². The maximum atomic E-state index is 12.4. The number of carbonyl (C=O) groups is 3. The maximum Gasteiger partial charge on any atom is 0.407 e. The third-order valence-corrected chi connectivity index (χ3v) is 6.55. The van der Waals surface area contributed by atoms with E-state index in [9.17, 15) is 14.4 Å². The van der Waals surface area contributed by atoms with Crippen molar-refractivity contribution in [2.45, 2.75) is 32.2 Å². The molecule has 2 aliphatic rings. The molecule has 2 aromatic carbocycles. The normalized spacial score (nSPS) is 17.0. The topological polar surface area (TPSA) is 95.9 Å². The molecule has 0 spiro atoms. The number of rotatable bonds is 7. The lowest BCUT2D eigenvalue weighted by Crippen LogP contribution is -2.54. The molecular weight excluding hydrogens is 408 g/mol. The average Bonchev–Trinajstić information content (AvgIpc) is 3.04. The molecule has 32 heavy (non-hydrogen) atoms. The number of hydrogen-bond acceptors (Lipinski definition) is 4. The summed E-state index contributed by atoms with van der Waals surface area (Å²) < 4.78 is 5.53. The number of carboxylic acid groups (broad SMARTS) is 1. The zero-order valence-corrected chi connectivity index (χ0v) is 18.3. The van der Waals surface area contributed by atoms with Crippen molar-refractivity contribution in [2.24, 2.45) is 11.8 Å². The van der Waals surface area contributed by atoms with Crippen molar-refractivity contribution >= 4 is 18.0 Å². The van der Waals surface area contributed by atoms with E-state index in [-0.39, 0.29) is 36.8 Å². The first-order valence-electron chi connectivity index (χ1n) is 11.0. The van der Waals surface area contributed by atoms with E-state index in [1.54, 1.807) is 18.7 Å². The van der Waals surface area contributed by atoms with Crippen molar-refractivity contribution in [1.29, 1.82) is 0 Å². The minimum absolute atomic E-state index is 0.0122. The van der Waals surface area contributed by atoms with Crippen molar-refractivity contribution in [3.05, 3.63) is 59.7 Å². The van der Waals surface area contributed by atoms with E-state index in [0.29, 0.717) is 13.1 Å². The van der Waals surface area contributed by atoms with Gasteiger partial charge in [-0.15, -0.1) is 0 Å². The highest BCUT2D eigenvalue weighted by atomic mass is 16.5. The molecule has 7 nitrogen and oxygen atoms in total. The first-order chi connectivity index (χ1) is 15.3. The van der Waals surface area contributed by atoms with E-state index < -0.39 is 18.0 Å². The molecule has 0 aromatic heterocycles. The van der Waals surface area contributed by atoms with Gasteiger partial charge in [0.2, 0.25) is 5.91 Å². The predicted molar refractivity (Wildman–Crippen MR) is 119 cm³/mol. The summed E-state index contributed by atoms with van der Waals surface area (Å²) in [4.78, 5) is 37.4. The van der Waals surface area contributed by atoms with Crippen LogP contribution < -0.4 is 5.32 Å². The second-order valence-electron chi connectivity index (χ2n) is 8.76. The Morgan fingerprint density at radius 2 is 1.59 bits per heavy atom. The van der Waals surface area contributed by atoms with Crippen molar-refractivity contribution in [3.8, 4) is 11.1 Å². The number of nitrogens with one attached hydrogen (secondary N) is 1. The fourth-order valence-electron chi connectivity index (χ4n) is 4.52. The summed E-state index contributed by atoms with van der Waals surface area (Å²) in [7, 11) is 0. The van der Waals surface area contributed by atoms with E-state index in [1.807, 2.05) is 24.3 Å². The summed E-state index contributed by atoms with van der Waals surface area (Å²) in [6.45, 7) is 4.54. The fraction of sp³-hybridized carbons (Fsp3) is 0.400. The summed E-state index contributed by atoms with van der Waals surface area (Å²) in [5.74, 6) is -1.42. The molecule has 7 heteroatoms. The lowest BCUT2D eigenvalue weighted by atomic mass is 9.87. The third kappa shape index (κ3) is 4.33. The van der Waals surface area contributed by atoms with Crippen LogP contribution in [0.5, 0.6) is 0 Å². The number of ether oxygens (including phenoxy) is 1. The Morgan fingerprint density at radius 3 is 2.16 bits per heavy atom. The summed E-state index contributed by atoms with van der Waals surface area (Å²) in [5, 5.41) is 11.8. The van der Waals surface area contributed by atoms with E-state index >= 15 is 0 Å². The predicted octanol–water partition coefficient (Wildman–Crippen LogP) is 3.48. The smallest absolute Gasteiger partial charge is 0.407 e. The third-order valence-electron chi connectivity index (χ3n) is 6.55. The lowest BCUT2D eigenvalue weighted by molar-refractivity contribution is -0.150. The number of carbonyl (C=O) groups excluding carboxylic acids is 2. The van der Waals surface area contributed by atoms with Gasteiger partial charge in [-0.3, -0.25) is 9.59 Å². The Balaban J connectivity index is 1.26. The van der Waals surface area contributed by atoms with E-state index in [4.69, 9.17) is 9.84 Å². The first-order valence-corrected chi connectivity index (χ1v) is 11.0. The molecule has 1 aliphatic heterocycles. The number of nitrogens with zero attached hydrogens (tertiary/aromatic N) is 1. The molecule has 0 saturated carbocycles. The summed E-state index contributed by atoms with van der Waals surface area (Å²) in [6, 6.07) is 15.9. The van der Waals surface area contributed by atoms with Crippen LogP contribution in [0.15, 0.2) is 48.5 Å². The number of hydrogen-bond donors (Lipinski definition) is 2. The lowest BCUT2D eigenvalue weighted by Gasteiger charge is -2.41. The first kappa shape index (κ1) is 21.9. The zero-order valence-electron chi connectivity index (χ0n) is 18.3. The van der Waals surface area contributed by atoms with Crippen LogP contribution in [-0.4, -0.2) is 53.7 Å². The Kier molecular flexibility index (Phi) is 6.17. The van der Waals surface area contributed by atoms with Gasteiger partial charge in [-0.1, -0.05) is 55.5 Å². The molecule has 1 fully saturated rings. The number of carboxylic acids is 1. The van der Waals surface area contributed by atoms with Crippen LogP contribution in [0.25, 0.3) is 11.1 Å². The molecule has 168 valence electrons. The molecule has 0 radical (unpaired) electrons. The highest BCUT2D eigenvalue weighted by molar-refractivity contribution is 5.80. The fourth-order valence-corrected chi connectivity index (χ4v) is 4.52. The van der Waals surface area contributed by atoms with Gasteiger partial charge >= 0.3 is 12.1 Å². The van der Waals surface area contributed by atoms with Crippen molar-refractivity contribution in [3.63, 3.8) is 0 Å². The van der Waals surface area contributed by atoms with Crippen molar-refractivity contribution in [2.75, 3.05) is 19.7 Å². The van der Waals surface area contributed by atoms with Gasteiger partial charge in [0.15, 0.2) is 0 Å². The number of aliphatic carboxylic acids is 1. The quantitative estimate of drug-likeness (QED) is 0.693. The molecule has 1 unspecified atom stereocenters. The maximum absolute atomic E-state index is 12.4. The minimum Gasteiger partial charge on any atom is -0.481 e. The molecule has 2 atom stereocenters. The second kappa shape index (κ2) is 9.02. The highest BCUT2D eigenvalue weighted by Gasteiger charge is 2.37. The molecule has 2 N–H and O–H groups in total. The van der Waals surface area contributed by atoms with Gasteiger partial charge in [-0.2, -0.15) is 0 Å². The number of amides is 2. The second-order valence-corrected chi connectivity index (χ2v) is 8.76. The van der Waals surface area contributed by atoms with Crippen LogP contribution in [0.4, 0.5) is 4.79 Å². The Morgan fingerprint density at radius 1 is 1.03 bits per heavy atom. The molecule has 1 saturated heterocycles. The van der Waals surface area contributed by atoms with E-state index in [1.165, 1.54) is 11.1 Å². The van der Waals surface area contributed by atoms with Crippen LogP contribution in [-0.2, 0) is 14.3 Å². The zero-order chi connectivity index (χ0) is 22.8. The summed E-state index contributed by atoms with van der Waals surface area (Å²) in [5.41, 5.74) is 4.63. The van der Waals surface area contributed by atoms with Crippen LogP contribution in [0, 0.1) is 11.8 Å². The SMILES string of the molecule is CC(C(=O)O)C1CN(C(=O)C[C@@H](C)NC(=O)OCC2c3ccccc3-c3ccccc32)C1. The van der Waals surface area contributed by atoms with Crippen molar-refractivity contribution < 1.29 is 24.2 Å². The molecule has 2 aromatic rings. The molecule has 1 heterocycles. The molecular formula is C25H28N2O5. The Labute approximate surface area is 187 Å². The van der Waals surface area contributed by atoms with Crippen LogP contribution in [0.2, 0.25) is 0 Å². The summed E-state index contributed by atoms with van der Waals surface area (Å²) >= 11 is 0. The van der Waals surface area contributed by atoms with Gasteiger partial charge < -0.3 is 20.1 Å².